The molecule has 5 nitrogen and oxygen atoms in total. The first kappa shape index (κ1) is 14.5. The third-order valence-corrected chi connectivity index (χ3v) is 3.23. The molecule has 1 N–H and O–H groups in total. The summed E-state index contributed by atoms with van der Waals surface area (Å²) in [6.07, 6.45) is 1.64. The number of rotatable bonds is 3. The number of nitrogens with one attached hydrogen (secondary N) is 1. The van der Waals surface area contributed by atoms with Crippen molar-refractivity contribution < 1.29 is 14.3 Å². The Morgan fingerprint density at radius 2 is 2.10 bits per heavy atom. The molecule has 0 unspecified atom stereocenters. The molecule has 20 heavy (non-hydrogen) atoms. The van der Waals surface area contributed by atoms with Gasteiger partial charge in [0, 0.05) is 5.02 Å². The Morgan fingerprint density at radius 1 is 1.45 bits per heavy atom. The molecule has 1 aliphatic rings. The predicted octanol–water partition coefficient (Wildman–Crippen LogP) is 1.57. The average Bonchev–Trinajstić information content (AvgIpc) is 2.69. The van der Waals surface area contributed by atoms with Crippen LogP contribution in [0.4, 0.5) is 0 Å². The van der Waals surface area contributed by atoms with E-state index in [1.165, 1.54) is 7.11 Å². The van der Waals surface area contributed by atoms with Crippen LogP contribution in [-0.2, 0) is 14.3 Å². The number of hydrogen-bond donors (Lipinski definition) is 1. The van der Waals surface area contributed by atoms with Crippen LogP contribution in [0.25, 0.3) is 6.08 Å². The van der Waals surface area contributed by atoms with Crippen LogP contribution in [0.5, 0.6) is 0 Å². The second kappa shape index (κ2) is 6.02. The topological polar surface area (TPSA) is 58.6 Å². The van der Waals surface area contributed by atoms with Crippen molar-refractivity contribution in [3.63, 3.8) is 0 Å². The lowest BCUT2D eigenvalue weighted by atomic mass is 10.2. The number of benzene rings is 1. The van der Waals surface area contributed by atoms with Gasteiger partial charge in [-0.2, -0.15) is 0 Å². The highest BCUT2D eigenvalue weighted by atomic mass is 35.5. The lowest BCUT2D eigenvalue weighted by Crippen LogP contribution is -2.35. The molecule has 0 saturated carbocycles. The molecule has 0 aliphatic carbocycles. The molecule has 2 rings (SSSR count). The van der Waals surface area contributed by atoms with Crippen LogP contribution in [0.2, 0.25) is 5.02 Å². The number of ether oxygens (including phenoxy) is 1. The summed E-state index contributed by atoms with van der Waals surface area (Å²) in [5.74, 6) is -0.898. The number of carbonyl (C=O) groups is 2. The van der Waals surface area contributed by atoms with E-state index >= 15 is 0 Å². The maximum atomic E-state index is 12.1. The van der Waals surface area contributed by atoms with Gasteiger partial charge in [0.05, 0.1) is 7.11 Å². The number of carbonyl (C=O) groups excluding carboxylic acids is 2. The number of halogens is 1. The van der Waals surface area contributed by atoms with Gasteiger partial charge >= 0.3 is 5.97 Å². The molecule has 0 radical (unpaired) electrons. The Labute approximate surface area is 126 Å². The number of nitrogens with zero attached hydrogens (tertiary/aromatic N) is 1. The summed E-state index contributed by atoms with van der Waals surface area (Å²) in [5, 5.41) is 3.57. The summed E-state index contributed by atoms with van der Waals surface area (Å²) in [5.41, 5.74) is 1.11. The van der Waals surface area contributed by atoms with Crippen molar-refractivity contribution in [3.05, 3.63) is 40.5 Å². The second-order valence-electron chi connectivity index (χ2n) is 4.01. The van der Waals surface area contributed by atoms with Crippen LogP contribution >= 0.6 is 23.8 Å². The standard InChI is InChI=1S/C13H11ClN2O3S/c1-19-11(17)7-16-12(18)10(15-13(16)20)6-8-2-4-9(14)5-3-8/h2-6H,7H2,1H3,(H,15,20)/b10-6-. The van der Waals surface area contributed by atoms with Gasteiger partial charge in [0.25, 0.3) is 5.91 Å². The molecule has 0 spiro atoms. The van der Waals surface area contributed by atoms with Crippen LogP contribution in [0.15, 0.2) is 30.0 Å². The first-order valence-corrected chi connectivity index (χ1v) is 6.47. The fourth-order valence-electron chi connectivity index (χ4n) is 1.63. The maximum Gasteiger partial charge on any atom is 0.325 e. The van der Waals surface area contributed by atoms with Crippen LogP contribution in [0.1, 0.15) is 5.56 Å². The SMILES string of the molecule is COC(=O)CN1C(=O)/C(=C/c2ccc(Cl)cc2)NC1=S. The molecule has 0 atom stereocenters. The van der Waals surface area contributed by atoms with Gasteiger partial charge in [-0.15, -0.1) is 0 Å². The molecule has 7 heteroatoms. The lowest BCUT2D eigenvalue weighted by molar-refractivity contribution is -0.143. The monoisotopic (exact) mass is 310 g/mol. The van der Waals surface area contributed by atoms with Gasteiger partial charge in [-0.25, -0.2) is 0 Å². The van der Waals surface area contributed by atoms with E-state index in [9.17, 15) is 9.59 Å². The van der Waals surface area contributed by atoms with Crippen LogP contribution < -0.4 is 5.32 Å². The van der Waals surface area contributed by atoms with Gasteiger partial charge < -0.3 is 10.1 Å². The highest BCUT2D eigenvalue weighted by Crippen LogP contribution is 2.16. The van der Waals surface area contributed by atoms with Crippen molar-refractivity contribution in [2.24, 2.45) is 0 Å². The Kier molecular flexibility index (Phi) is 4.36. The van der Waals surface area contributed by atoms with Crippen molar-refractivity contribution in [2.75, 3.05) is 13.7 Å². The zero-order valence-corrected chi connectivity index (χ0v) is 12.1. The number of esters is 1. The van der Waals surface area contributed by atoms with Gasteiger partial charge in [0.1, 0.15) is 12.2 Å². The molecule has 1 aliphatic heterocycles. The quantitative estimate of drug-likeness (QED) is 0.522. The van der Waals surface area contributed by atoms with Gasteiger partial charge in [0.2, 0.25) is 0 Å². The average molecular weight is 311 g/mol. The molecular weight excluding hydrogens is 300 g/mol. The molecule has 1 aromatic rings. The van der Waals surface area contributed by atoms with E-state index in [1.54, 1.807) is 30.3 Å². The zero-order valence-electron chi connectivity index (χ0n) is 10.6. The van der Waals surface area contributed by atoms with Crippen molar-refractivity contribution in [3.8, 4) is 0 Å². The second-order valence-corrected chi connectivity index (χ2v) is 4.83. The van der Waals surface area contributed by atoms with E-state index in [0.29, 0.717) is 10.7 Å². The number of thiocarbonyl (C=S) groups is 1. The highest BCUT2D eigenvalue weighted by Gasteiger charge is 2.32. The fraction of sp³-hybridized carbons (Fsp3) is 0.154. The molecule has 1 amide bonds. The molecule has 0 bridgehead atoms. The summed E-state index contributed by atoms with van der Waals surface area (Å²) in [6, 6.07) is 6.99. The van der Waals surface area contributed by atoms with Crippen molar-refractivity contribution in [2.45, 2.75) is 0 Å². The van der Waals surface area contributed by atoms with E-state index in [4.69, 9.17) is 23.8 Å². The van der Waals surface area contributed by atoms with E-state index in [-0.39, 0.29) is 17.6 Å². The Balaban J connectivity index is 2.19. The van der Waals surface area contributed by atoms with Gasteiger partial charge in [-0.1, -0.05) is 23.7 Å². The summed E-state index contributed by atoms with van der Waals surface area (Å²) in [4.78, 5) is 24.5. The minimum absolute atomic E-state index is 0.181. The van der Waals surface area contributed by atoms with Gasteiger partial charge in [0.15, 0.2) is 5.11 Å². The van der Waals surface area contributed by atoms with Gasteiger partial charge in [-0.3, -0.25) is 14.5 Å². The summed E-state index contributed by atoms with van der Waals surface area (Å²) in [7, 11) is 1.25. The van der Waals surface area contributed by atoms with E-state index < -0.39 is 5.97 Å². The van der Waals surface area contributed by atoms with Crippen LogP contribution in [0.3, 0.4) is 0 Å². The first-order chi connectivity index (χ1) is 9.51. The molecule has 104 valence electrons. The maximum absolute atomic E-state index is 12.1. The molecule has 1 saturated heterocycles. The highest BCUT2D eigenvalue weighted by molar-refractivity contribution is 7.80. The van der Waals surface area contributed by atoms with Crippen molar-refractivity contribution in [1.82, 2.24) is 10.2 Å². The molecule has 1 heterocycles. The summed E-state index contributed by atoms with van der Waals surface area (Å²) < 4.78 is 4.52. The number of methoxy groups -OCH3 is 1. The van der Waals surface area contributed by atoms with Gasteiger partial charge in [-0.05, 0) is 36.0 Å². The smallest absolute Gasteiger partial charge is 0.325 e. The largest absolute Gasteiger partial charge is 0.468 e. The zero-order chi connectivity index (χ0) is 14.7. The Morgan fingerprint density at radius 3 is 2.70 bits per heavy atom. The Hall–Kier alpha value is -1.92. The van der Waals surface area contributed by atoms with Crippen molar-refractivity contribution in [1.29, 1.82) is 0 Å². The first-order valence-electron chi connectivity index (χ1n) is 5.68. The van der Waals surface area contributed by atoms with E-state index in [2.05, 4.69) is 10.1 Å². The van der Waals surface area contributed by atoms with E-state index in [0.717, 1.165) is 10.5 Å². The molecule has 0 aromatic heterocycles. The third-order valence-electron chi connectivity index (χ3n) is 2.66. The molecular formula is C13H11ClN2O3S. The van der Waals surface area contributed by atoms with Crippen LogP contribution in [-0.4, -0.2) is 35.5 Å². The third kappa shape index (κ3) is 3.15. The normalized spacial score (nSPS) is 16.5. The summed E-state index contributed by atoms with van der Waals surface area (Å²) in [6.45, 7) is -0.209. The Bertz CT molecular complexity index is 598. The van der Waals surface area contributed by atoms with Crippen molar-refractivity contribution >= 4 is 46.9 Å². The predicted molar refractivity (Wildman–Crippen MR) is 78.9 cm³/mol. The number of hydrogen-bond acceptors (Lipinski definition) is 4. The molecule has 1 aromatic carbocycles. The minimum atomic E-state index is -0.532. The van der Waals surface area contributed by atoms with E-state index in [1.807, 2.05) is 0 Å². The minimum Gasteiger partial charge on any atom is -0.468 e. The van der Waals surface area contributed by atoms with Crippen LogP contribution in [0, 0.1) is 0 Å². The fourth-order valence-corrected chi connectivity index (χ4v) is 2.02. The number of amides is 1. The lowest BCUT2D eigenvalue weighted by Gasteiger charge is -2.11. The summed E-state index contributed by atoms with van der Waals surface area (Å²) >= 11 is 10.8. The molecule has 1 fully saturated rings.